The molecule has 0 aliphatic carbocycles. The number of carboxylic acids is 1. The van der Waals surface area contributed by atoms with Crippen molar-refractivity contribution >= 4 is 17.9 Å². The van der Waals surface area contributed by atoms with Crippen molar-refractivity contribution in [3.05, 3.63) is 0 Å². The zero-order valence-corrected chi connectivity index (χ0v) is 9.97. The normalized spacial score (nSPS) is 7.50. The van der Waals surface area contributed by atoms with Gasteiger partial charge in [0.1, 0.15) is 6.42 Å². The molecule has 0 aliphatic heterocycles. The van der Waals surface area contributed by atoms with Crippen LogP contribution in [0, 0.1) is 0 Å². The SMILES string of the molecule is COC(=O)CC(=O)OC.O.O.O=C(O)CCOO.[2HH]. The van der Waals surface area contributed by atoms with Crippen molar-refractivity contribution in [2.75, 3.05) is 20.8 Å². The second-order valence-corrected chi connectivity index (χ2v) is 2.31. The minimum Gasteiger partial charge on any atom is -0.481 e. The predicted octanol–water partition coefficient (Wildman–Crippen LogP) is -1.73. The molecule has 0 radical (unpaired) electrons. The lowest BCUT2D eigenvalue weighted by Gasteiger charge is -1.95. The molecule has 6 N–H and O–H groups in total. The molecule has 10 heteroatoms. The van der Waals surface area contributed by atoms with Crippen LogP contribution in [0.4, 0.5) is 0 Å². The van der Waals surface area contributed by atoms with E-state index in [0.717, 1.165) is 0 Å². The number of rotatable bonds is 5. The van der Waals surface area contributed by atoms with E-state index in [1.165, 1.54) is 14.2 Å². The summed E-state index contributed by atoms with van der Waals surface area (Å²) in [5, 5.41) is 15.4. The Hall–Kier alpha value is -1.75. The molecular formula is C8H20O10. The van der Waals surface area contributed by atoms with Gasteiger partial charge < -0.3 is 25.5 Å². The molecule has 0 heterocycles. The first-order valence-electron chi connectivity index (χ1n) is 4.09. The molecule has 18 heavy (non-hydrogen) atoms. The largest absolute Gasteiger partial charge is 0.481 e. The van der Waals surface area contributed by atoms with Gasteiger partial charge in [-0.15, -0.1) is 0 Å². The van der Waals surface area contributed by atoms with Crippen LogP contribution >= 0.6 is 0 Å². The summed E-state index contributed by atoms with van der Waals surface area (Å²) in [5.41, 5.74) is 0. The summed E-state index contributed by atoms with van der Waals surface area (Å²) in [6, 6.07) is 0. The topological polar surface area (TPSA) is 182 Å². The number of carbonyl (C=O) groups is 3. The number of carbonyl (C=O) groups excluding carboxylic acids is 2. The van der Waals surface area contributed by atoms with Crippen LogP contribution in [0.25, 0.3) is 0 Å². The van der Waals surface area contributed by atoms with Crippen LogP contribution < -0.4 is 0 Å². The first-order chi connectivity index (χ1) is 7.47. The van der Waals surface area contributed by atoms with Crippen LogP contribution in [-0.2, 0) is 28.7 Å². The average Bonchev–Trinajstić information content (AvgIpc) is 2.26. The van der Waals surface area contributed by atoms with Gasteiger partial charge in [-0.1, -0.05) is 0 Å². The Morgan fingerprint density at radius 1 is 1.06 bits per heavy atom. The summed E-state index contributed by atoms with van der Waals surface area (Å²) < 4.78 is 8.37. The van der Waals surface area contributed by atoms with Crippen molar-refractivity contribution in [1.82, 2.24) is 0 Å². The molecule has 0 spiro atoms. The van der Waals surface area contributed by atoms with E-state index in [2.05, 4.69) is 14.4 Å². The highest BCUT2D eigenvalue weighted by atomic mass is 17.1. The Morgan fingerprint density at radius 2 is 1.44 bits per heavy atom. The van der Waals surface area contributed by atoms with Gasteiger partial charge in [-0.25, -0.2) is 4.89 Å². The molecule has 112 valence electrons. The third-order valence-electron chi connectivity index (χ3n) is 1.15. The minimum absolute atomic E-state index is 0. The molecule has 0 atom stereocenters. The quantitative estimate of drug-likeness (QED) is 0.257. The van der Waals surface area contributed by atoms with E-state index in [1.807, 2.05) is 0 Å². The van der Waals surface area contributed by atoms with Gasteiger partial charge in [0.2, 0.25) is 0 Å². The van der Waals surface area contributed by atoms with Crippen LogP contribution in [-0.4, -0.2) is 60.1 Å². The van der Waals surface area contributed by atoms with E-state index >= 15 is 0 Å². The number of hydrogen-bond acceptors (Lipinski definition) is 7. The van der Waals surface area contributed by atoms with Crippen LogP contribution in [0.1, 0.15) is 14.3 Å². The van der Waals surface area contributed by atoms with Crippen LogP contribution in [0.15, 0.2) is 0 Å². The fourth-order valence-corrected chi connectivity index (χ4v) is 0.395. The smallest absolute Gasteiger partial charge is 0.316 e. The Kier molecular flexibility index (Phi) is 24.7. The van der Waals surface area contributed by atoms with Crippen molar-refractivity contribution in [3.8, 4) is 0 Å². The Morgan fingerprint density at radius 3 is 1.61 bits per heavy atom. The van der Waals surface area contributed by atoms with Crippen LogP contribution in [0.3, 0.4) is 0 Å². The number of aliphatic carboxylic acids is 1. The van der Waals surface area contributed by atoms with Gasteiger partial charge in [-0.3, -0.25) is 19.6 Å². The van der Waals surface area contributed by atoms with E-state index in [0.29, 0.717) is 0 Å². The van der Waals surface area contributed by atoms with E-state index in [1.54, 1.807) is 0 Å². The number of carboxylic acid groups (broad SMARTS) is 1. The Labute approximate surface area is 104 Å². The van der Waals surface area contributed by atoms with Crippen molar-refractivity contribution < 1.29 is 51.5 Å². The first kappa shape index (κ1) is 25.2. The van der Waals surface area contributed by atoms with Gasteiger partial charge >= 0.3 is 17.9 Å². The summed E-state index contributed by atoms with van der Waals surface area (Å²) in [5.74, 6) is -2.14. The molecule has 0 rings (SSSR count). The van der Waals surface area contributed by atoms with E-state index in [4.69, 9.17) is 10.4 Å². The van der Waals surface area contributed by atoms with Crippen molar-refractivity contribution in [2.45, 2.75) is 12.8 Å². The molecule has 0 saturated heterocycles. The van der Waals surface area contributed by atoms with Crippen molar-refractivity contribution in [3.63, 3.8) is 0 Å². The van der Waals surface area contributed by atoms with E-state index in [-0.39, 0.29) is 31.8 Å². The van der Waals surface area contributed by atoms with Crippen molar-refractivity contribution in [1.29, 1.82) is 0 Å². The lowest BCUT2D eigenvalue weighted by molar-refractivity contribution is -0.243. The highest BCUT2D eigenvalue weighted by Crippen LogP contribution is 1.85. The molecule has 0 fully saturated rings. The number of ether oxygens (including phenoxy) is 2. The predicted molar refractivity (Wildman–Crippen MR) is 58.8 cm³/mol. The molecule has 0 aromatic carbocycles. The van der Waals surface area contributed by atoms with Gasteiger partial charge in [0.05, 0.1) is 27.2 Å². The molecule has 0 saturated carbocycles. The van der Waals surface area contributed by atoms with Gasteiger partial charge in [-0.2, -0.15) is 0 Å². The fourth-order valence-electron chi connectivity index (χ4n) is 0.395. The second kappa shape index (κ2) is 17.6. The maximum absolute atomic E-state index is 10.3. The molecule has 0 aromatic rings. The fraction of sp³-hybridized carbons (Fsp3) is 0.625. The number of hydrogen-bond donors (Lipinski definition) is 2. The lowest BCUT2D eigenvalue weighted by atomic mass is 10.4. The molecule has 0 aliphatic rings. The zero-order valence-electron chi connectivity index (χ0n) is 9.97. The monoisotopic (exact) mass is 277 g/mol. The molecule has 10 nitrogen and oxygen atoms in total. The number of esters is 2. The molecular weight excluding hydrogens is 256 g/mol. The maximum Gasteiger partial charge on any atom is 0.316 e. The third kappa shape index (κ3) is 23.8. The van der Waals surface area contributed by atoms with Gasteiger partial charge in [-0.05, 0) is 0 Å². The molecule has 0 aromatic heterocycles. The summed E-state index contributed by atoms with van der Waals surface area (Å²) in [6.07, 6.45) is -0.469. The third-order valence-corrected chi connectivity index (χ3v) is 1.15. The summed E-state index contributed by atoms with van der Waals surface area (Å²) in [6.45, 7) is -0.144. The Bertz CT molecular complexity index is 218. The van der Waals surface area contributed by atoms with Gasteiger partial charge in [0.15, 0.2) is 0 Å². The van der Waals surface area contributed by atoms with E-state index in [9.17, 15) is 14.4 Å². The molecule has 0 unspecified atom stereocenters. The molecule has 0 bridgehead atoms. The van der Waals surface area contributed by atoms with Gasteiger partial charge in [0.25, 0.3) is 0 Å². The average molecular weight is 277 g/mol. The second-order valence-electron chi connectivity index (χ2n) is 2.31. The van der Waals surface area contributed by atoms with Crippen molar-refractivity contribution in [2.24, 2.45) is 0 Å². The van der Waals surface area contributed by atoms with E-state index < -0.39 is 17.9 Å². The summed E-state index contributed by atoms with van der Waals surface area (Å²) in [7, 11) is 2.43. The van der Waals surface area contributed by atoms with Gasteiger partial charge in [0, 0.05) is 1.43 Å². The van der Waals surface area contributed by atoms with Crippen LogP contribution in [0.5, 0.6) is 0 Å². The number of methoxy groups -OCH3 is 2. The standard InChI is InChI=1S/C5H8O4.C3H6O4.2H2O.H2/c1-8-4(6)3-5(7)9-2;4-3(5)1-2-7-6;;;/h3H2,1-2H3;6H,1-2H2,(H,4,5);2*1H2;1H/i;;;;1+1. The summed E-state index contributed by atoms with van der Waals surface area (Å²) >= 11 is 0. The van der Waals surface area contributed by atoms with Crippen LogP contribution in [0.2, 0.25) is 0 Å². The minimum atomic E-state index is -0.978. The highest BCUT2D eigenvalue weighted by molar-refractivity contribution is 5.90. The first-order valence-corrected chi connectivity index (χ1v) is 4.09. The zero-order chi connectivity index (χ0) is 13.0. The molecule has 0 amide bonds. The Balaban J connectivity index is -0.0000000607. The lowest BCUT2D eigenvalue weighted by Crippen LogP contribution is -2.09. The summed E-state index contributed by atoms with van der Waals surface area (Å²) in [4.78, 5) is 33.6. The maximum atomic E-state index is 10.3. The highest BCUT2D eigenvalue weighted by Gasteiger charge is 2.07.